The second kappa shape index (κ2) is 6.52. The molecule has 3 atom stereocenters. The molecule has 0 radical (unpaired) electrons. The fraction of sp³-hybridized carbons (Fsp3) is 1.00. The monoisotopic (exact) mass is 289 g/mol. The molecule has 2 fully saturated rings. The van der Waals surface area contributed by atoms with Gasteiger partial charge < -0.3 is 10.2 Å². The summed E-state index contributed by atoms with van der Waals surface area (Å²) >= 11 is 0. The summed E-state index contributed by atoms with van der Waals surface area (Å²) in [6, 6.07) is 0.735. The highest BCUT2D eigenvalue weighted by atomic mass is 32.2. The molecule has 0 aromatic heterocycles. The minimum absolute atomic E-state index is 0.133. The minimum atomic E-state index is -3.19. The third kappa shape index (κ3) is 3.90. The van der Waals surface area contributed by atoms with Crippen LogP contribution in [-0.4, -0.2) is 56.8 Å². The van der Waals surface area contributed by atoms with E-state index in [0.29, 0.717) is 12.6 Å². The van der Waals surface area contributed by atoms with Gasteiger partial charge >= 0.3 is 0 Å². The lowest BCUT2D eigenvalue weighted by Gasteiger charge is -2.35. The highest BCUT2D eigenvalue weighted by molar-refractivity contribution is 7.90. The normalized spacial score (nSPS) is 30.2. The fourth-order valence-corrected chi connectivity index (χ4v) is 4.39. The van der Waals surface area contributed by atoms with Gasteiger partial charge in [-0.05, 0) is 52.2 Å². The summed E-state index contributed by atoms with van der Waals surface area (Å²) in [6.07, 6.45) is 4.42. The van der Waals surface area contributed by atoms with Crippen molar-refractivity contribution in [2.75, 3.05) is 26.2 Å². The van der Waals surface area contributed by atoms with Crippen LogP contribution in [0.2, 0.25) is 0 Å². The Morgan fingerprint density at radius 1 is 1.32 bits per heavy atom. The summed E-state index contributed by atoms with van der Waals surface area (Å²) in [5.74, 6) is 0. The van der Waals surface area contributed by atoms with Crippen molar-refractivity contribution in [3.8, 4) is 0 Å². The number of sulfonamides is 1. The van der Waals surface area contributed by atoms with Crippen molar-refractivity contribution in [1.29, 1.82) is 0 Å². The van der Waals surface area contributed by atoms with Gasteiger partial charge in [-0.25, -0.2) is 13.1 Å². The van der Waals surface area contributed by atoms with Crippen LogP contribution < -0.4 is 10.0 Å². The van der Waals surface area contributed by atoms with Crippen LogP contribution in [0, 0.1) is 0 Å². The SMILES string of the molecule is CCNCC(C)S(=O)(=O)NC1CCN2CCCC2C1. The Morgan fingerprint density at radius 3 is 2.84 bits per heavy atom. The Labute approximate surface area is 117 Å². The molecule has 5 nitrogen and oxygen atoms in total. The number of piperidine rings is 1. The Morgan fingerprint density at radius 2 is 2.11 bits per heavy atom. The number of nitrogens with zero attached hydrogens (tertiary/aromatic N) is 1. The maximum absolute atomic E-state index is 12.2. The van der Waals surface area contributed by atoms with E-state index in [-0.39, 0.29) is 11.3 Å². The second-order valence-electron chi connectivity index (χ2n) is 5.83. The number of nitrogens with one attached hydrogen (secondary N) is 2. The summed E-state index contributed by atoms with van der Waals surface area (Å²) in [5, 5.41) is 2.73. The standard InChI is InChI=1S/C13H27N3O2S/c1-3-14-10-11(2)19(17,18)15-12-6-8-16-7-4-5-13(16)9-12/h11-15H,3-10H2,1-2H3. The van der Waals surface area contributed by atoms with Gasteiger partial charge in [0.2, 0.25) is 10.0 Å². The molecule has 2 saturated heterocycles. The van der Waals surface area contributed by atoms with Crippen LogP contribution >= 0.6 is 0 Å². The first kappa shape index (κ1) is 15.2. The van der Waals surface area contributed by atoms with Crippen LogP contribution in [0.1, 0.15) is 39.5 Å². The largest absolute Gasteiger partial charge is 0.316 e. The van der Waals surface area contributed by atoms with Gasteiger partial charge in [-0.3, -0.25) is 0 Å². The van der Waals surface area contributed by atoms with E-state index in [9.17, 15) is 8.42 Å². The predicted molar refractivity (Wildman–Crippen MR) is 77.7 cm³/mol. The van der Waals surface area contributed by atoms with Gasteiger partial charge in [0.15, 0.2) is 0 Å². The number of rotatable bonds is 6. The molecule has 0 saturated carbocycles. The molecule has 3 unspecified atom stereocenters. The summed E-state index contributed by atoms with van der Waals surface area (Å²) in [6.45, 7) is 7.33. The summed E-state index contributed by atoms with van der Waals surface area (Å²) in [7, 11) is -3.19. The van der Waals surface area contributed by atoms with Crippen molar-refractivity contribution in [3.05, 3.63) is 0 Å². The van der Waals surface area contributed by atoms with Gasteiger partial charge in [-0.15, -0.1) is 0 Å². The molecule has 19 heavy (non-hydrogen) atoms. The maximum atomic E-state index is 12.2. The Bertz CT molecular complexity index is 385. The third-order valence-corrected chi connectivity index (χ3v) is 6.25. The van der Waals surface area contributed by atoms with Gasteiger partial charge in [0.05, 0.1) is 5.25 Å². The smallest absolute Gasteiger partial charge is 0.215 e. The lowest BCUT2D eigenvalue weighted by atomic mass is 9.99. The van der Waals surface area contributed by atoms with E-state index < -0.39 is 10.0 Å². The molecule has 0 amide bonds. The molecule has 6 heteroatoms. The predicted octanol–water partition coefficient (Wildman–Crippen LogP) is 0.531. The minimum Gasteiger partial charge on any atom is -0.316 e. The van der Waals surface area contributed by atoms with Crippen LogP contribution in [0.4, 0.5) is 0 Å². The average molecular weight is 289 g/mol. The zero-order valence-corrected chi connectivity index (χ0v) is 12.9. The molecule has 0 aromatic carbocycles. The first-order chi connectivity index (χ1) is 9.03. The molecule has 112 valence electrons. The van der Waals surface area contributed by atoms with Crippen LogP contribution in [0.5, 0.6) is 0 Å². The summed E-state index contributed by atoms with van der Waals surface area (Å²) in [5.41, 5.74) is 0. The highest BCUT2D eigenvalue weighted by Gasteiger charge is 2.34. The third-order valence-electron chi connectivity index (χ3n) is 4.36. The van der Waals surface area contributed by atoms with Crippen LogP contribution in [-0.2, 0) is 10.0 Å². The molecule has 0 spiro atoms. The maximum Gasteiger partial charge on any atom is 0.215 e. The quantitative estimate of drug-likeness (QED) is 0.749. The molecule has 2 heterocycles. The van der Waals surface area contributed by atoms with E-state index in [4.69, 9.17) is 0 Å². The van der Waals surface area contributed by atoms with Crippen molar-refractivity contribution in [2.45, 2.75) is 56.9 Å². The van der Waals surface area contributed by atoms with Gasteiger partial charge in [0.1, 0.15) is 0 Å². The van der Waals surface area contributed by atoms with Crippen molar-refractivity contribution in [3.63, 3.8) is 0 Å². The van der Waals surface area contributed by atoms with E-state index in [1.807, 2.05) is 6.92 Å². The fourth-order valence-electron chi connectivity index (χ4n) is 3.14. The lowest BCUT2D eigenvalue weighted by molar-refractivity contribution is 0.176. The van der Waals surface area contributed by atoms with Gasteiger partial charge in [-0.1, -0.05) is 6.92 Å². The van der Waals surface area contributed by atoms with E-state index >= 15 is 0 Å². The van der Waals surface area contributed by atoms with E-state index in [0.717, 1.165) is 25.9 Å². The van der Waals surface area contributed by atoms with E-state index in [1.165, 1.54) is 19.4 Å². The van der Waals surface area contributed by atoms with Gasteiger partial charge in [0, 0.05) is 18.6 Å². The number of hydrogen-bond donors (Lipinski definition) is 2. The molecule has 0 bridgehead atoms. The first-order valence-corrected chi connectivity index (χ1v) is 9.03. The molecular weight excluding hydrogens is 262 g/mol. The Balaban J connectivity index is 1.86. The van der Waals surface area contributed by atoms with Crippen molar-refractivity contribution >= 4 is 10.0 Å². The molecule has 2 N–H and O–H groups in total. The number of fused-ring (bicyclic) bond motifs is 1. The van der Waals surface area contributed by atoms with Crippen LogP contribution in [0.15, 0.2) is 0 Å². The van der Waals surface area contributed by atoms with Crippen molar-refractivity contribution < 1.29 is 8.42 Å². The zero-order chi connectivity index (χ0) is 13.9. The molecule has 0 aliphatic carbocycles. The first-order valence-electron chi connectivity index (χ1n) is 7.49. The molecule has 2 aliphatic rings. The summed E-state index contributed by atoms with van der Waals surface area (Å²) in [4.78, 5) is 2.51. The van der Waals surface area contributed by atoms with Crippen molar-refractivity contribution in [2.24, 2.45) is 0 Å². The van der Waals surface area contributed by atoms with Crippen molar-refractivity contribution in [1.82, 2.24) is 14.9 Å². The van der Waals surface area contributed by atoms with E-state index in [1.54, 1.807) is 6.92 Å². The Hall–Kier alpha value is -0.170. The van der Waals surface area contributed by atoms with E-state index in [2.05, 4.69) is 14.9 Å². The van der Waals surface area contributed by atoms with Gasteiger partial charge in [-0.2, -0.15) is 0 Å². The number of hydrogen-bond acceptors (Lipinski definition) is 4. The van der Waals surface area contributed by atoms with Crippen LogP contribution in [0.3, 0.4) is 0 Å². The van der Waals surface area contributed by atoms with Gasteiger partial charge in [0.25, 0.3) is 0 Å². The second-order valence-corrected chi connectivity index (χ2v) is 7.96. The molecule has 0 aromatic rings. The van der Waals surface area contributed by atoms with Crippen LogP contribution in [0.25, 0.3) is 0 Å². The zero-order valence-electron chi connectivity index (χ0n) is 12.1. The topological polar surface area (TPSA) is 61.4 Å². The molecular formula is C13H27N3O2S. The Kier molecular flexibility index (Phi) is 5.22. The average Bonchev–Trinajstić information content (AvgIpc) is 2.82. The molecule has 2 rings (SSSR count). The highest BCUT2D eigenvalue weighted by Crippen LogP contribution is 2.27. The summed E-state index contributed by atoms with van der Waals surface area (Å²) < 4.78 is 27.4. The lowest BCUT2D eigenvalue weighted by Crippen LogP contribution is -2.50. The molecule has 2 aliphatic heterocycles.